The molecule has 3 N–H and O–H groups in total. The van der Waals surface area contributed by atoms with Gasteiger partial charge in [0.15, 0.2) is 11.9 Å². The molecular formula is C24H25NO6. The number of carboxylic acid groups (broad SMARTS) is 1. The molecule has 1 aliphatic heterocycles. The lowest BCUT2D eigenvalue weighted by atomic mass is 9.79. The normalized spacial score (nSPS) is 29.5. The SMILES string of the molecule is NC1(C(=O)O)CCC2(CC1)OCC(C(=O)OCC1c3ccccc3-c3ccccc31)O2. The Morgan fingerprint density at radius 3 is 2.16 bits per heavy atom. The second-order valence-electron chi connectivity index (χ2n) is 8.65. The molecule has 3 aliphatic rings. The number of benzene rings is 2. The Balaban J connectivity index is 1.23. The number of nitrogens with two attached hydrogens (primary N) is 1. The molecule has 2 aliphatic carbocycles. The summed E-state index contributed by atoms with van der Waals surface area (Å²) in [4.78, 5) is 24.1. The molecule has 2 aromatic carbocycles. The number of hydrogen-bond acceptors (Lipinski definition) is 6. The van der Waals surface area contributed by atoms with Crippen LogP contribution >= 0.6 is 0 Å². The summed E-state index contributed by atoms with van der Waals surface area (Å²) in [7, 11) is 0. The van der Waals surface area contributed by atoms with Crippen LogP contribution in [-0.4, -0.2) is 47.7 Å². The third kappa shape index (κ3) is 3.43. The predicted octanol–water partition coefficient (Wildman–Crippen LogP) is 2.81. The molecule has 162 valence electrons. The summed E-state index contributed by atoms with van der Waals surface area (Å²) in [5, 5.41) is 9.30. The van der Waals surface area contributed by atoms with Crippen LogP contribution in [0, 0.1) is 0 Å². The van der Waals surface area contributed by atoms with Gasteiger partial charge in [0, 0.05) is 18.8 Å². The van der Waals surface area contributed by atoms with Crippen LogP contribution in [0.3, 0.4) is 0 Å². The topological polar surface area (TPSA) is 108 Å². The van der Waals surface area contributed by atoms with Crippen LogP contribution in [0.4, 0.5) is 0 Å². The van der Waals surface area contributed by atoms with Gasteiger partial charge in [-0.15, -0.1) is 0 Å². The fourth-order valence-electron chi connectivity index (χ4n) is 4.92. The fraction of sp³-hybridized carbons (Fsp3) is 0.417. The van der Waals surface area contributed by atoms with Crippen molar-refractivity contribution in [3.05, 3.63) is 59.7 Å². The zero-order valence-electron chi connectivity index (χ0n) is 17.1. The van der Waals surface area contributed by atoms with Gasteiger partial charge in [-0.3, -0.25) is 4.79 Å². The van der Waals surface area contributed by atoms with Gasteiger partial charge in [0.1, 0.15) is 12.1 Å². The third-order valence-electron chi connectivity index (χ3n) is 6.80. The second-order valence-corrected chi connectivity index (χ2v) is 8.65. The smallest absolute Gasteiger partial charge is 0.337 e. The Hall–Kier alpha value is -2.74. The number of ether oxygens (including phenoxy) is 3. The lowest BCUT2D eigenvalue weighted by Gasteiger charge is -2.39. The Morgan fingerprint density at radius 1 is 1.00 bits per heavy atom. The molecule has 1 saturated carbocycles. The van der Waals surface area contributed by atoms with E-state index in [9.17, 15) is 14.7 Å². The van der Waals surface area contributed by atoms with Gasteiger partial charge in [-0.2, -0.15) is 0 Å². The van der Waals surface area contributed by atoms with E-state index in [0.717, 1.165) is 11.1 Å². The zero-order chi connectivity index (χ0) is 21.6. The Kier molecular flexibility index (Phi) is 4.84. The molecule has 2 aromatic rings. The average molecular weight is 423 g/mol. The van der Waals surface area contributed by atoms with Crippen molar-refractivity contribution >= 4 is 11.9 Å². The first-order valence-electron chi connectivity index (χ1n) is 10.6. The summed E-state index contributed by atoms with van der Waals surface area (Å²) in [6.45, 7) is 0.325. The minimum absolute atomic E-state index is 0.0178. The predicted molar refractivity (Wildman–Crippen MR) is 111 cm³/mol. The summed E-state index contributed by atoms with van der Waals surface area (Å²) in [6, 6.07) is 16.3. The van der Waals surface area contributed by atoms with E-state index in [1.807, 2.05) is 24.3 Å². The number of hydrogen-bond donors (Lipinski definition) is 2. The van der Waals surface area contributed by atoms with Crippen molar-refractivity contribution in [3.8, 4) is 11.1 Å². The second kappa shape index (κ2) is 7.44. The van der Waals surface area contributed by atoms with E-state index in [0.29, 0.717) is 12.8 Å². The number of carboxylic acids is 1. The third-order valence-corrected chi connectivity index (χ3v) is 6.80. The quantitative estimate of drug-likeness (QED) is 0.728. The summed E-state index contributed by atoms with van der Waals surface area (Å²) in [5.41, 5.74) is 9.32. The Labute approximate surface area is 180 Å². The standard InChI is InChI=1S/C24H25NO6/c25-23(22(27)28)9-11-24(12-10-23)30-14-20(31-24)21(26)29-13-19-17-7-3-1-5-15(17)16-6-2-4-8-18(16)19/h1-8,19-20H,9-14,25H2,(H,27,28). The number of carbonyl (C=O) groups is 2. The molecule has 7 nitrogen and oxygen atoms in total. The highest BCUT2D eigenvalue weighted by Crippen LogP contribution is 2.45. The molecule has 7 heteroatoms. The Morgan fingerprint density at radius 2 is 1.58 bits per heavy atom. The van der Waals surface area contributed by atoms with E-state index < -0.39 is 29.4 Å². The van der Waals surface area contributed by atoms with Crippen molar-refractivity contribution in [3.63, 3.8) is 0 Å². The van der Waals surface area contributed by atoms with Crippen LogP contribution in [0.25, 0.3) is 11.1 Å². The van der Waals surface area contributed by atoms with Crippen molar-refractivity contribution < 1.29 is 28.9 Å². The maximum absolute atomic E-state index is 12.7. The van der Waals surface area contributed by atoms with E-state index in [4.69, 9.17) is 19.9 Å². The highest BCUT2D eigenvalue weighted by molar-refractivity contribution is 5.80. The number of aliphatic carboxylic acids is 1. The van der Waals surface area contributed by atoms with Crippen LogP contribution in [0.15, 0.2) is 48.5 Å². The van der Waals surface area contributed by atoms with Gasteiger partial charge < -0.3 is 25.1 Å². The van der Waals surface area contributed by atoms with Crippen LogP contribution in [-0.2, 0) is 23.8 Å². The first-order chi connectivity index (χ1) is 14.9. The highest BCUT2D eigenvalue weighted by Gasteiger charge is 2.51. The van der Waals surface area contributed by atoms with Crippen molar-refractivity contribution in [2.75, 3.05) is 13.2 Å². The minimum atomic E-state index is -1.26. The Bertz CT molecular complexity index is 981. The lowest BCUT2D eigenvalue weighted by Crippen LogP contribution is -2.54. The monoisotopic (exact) mass is 423 g/mol. The van der Waals surface area contributed by atoms with Gasteiger partial charge in [0.05, 0.1) is 6.61 Å². The molecule has 1 heterocycles. The number of fused-ring (bicyclic) bond motifs is 3. The van der Waals surface area contributed by atoms with Crippen LogP contribution in [0.5, 0.6) is 0 Å². The molecule has 1 spiro atoms. The van der Waals surface area contributed by atoms with E-state index in [1.165, 1.54) is 11.1 Å². The van der Waals surface area contributed by atoms with Crippen LogP contribution in [0.2, 0.25) is 0 Å². The molecule has 1 atom stereocenters. The van der Waals surface area contributed by atoms with Crippen molar-refractivity contribution in [1.29, 1.82) is 0 Å². The van der Waals surface area contributed by atoms with Gasteiger partial charge >= 0.3 is 11.9 Å². The molecular weight excluding hydrogens is 398 g/mol. The summed E-state index contributed by atoms with van der Waals surface area (Å²) >= 11 is 0. The first kappa shape index (κ1) is 20.2. The van der Waals surface area contributed by atoms with Crippen molar-refractivity contribution in [2.45, 2.75) is 49.0 Å². The average Bonchev–Trinajstić information content (AvgIpc) is 3.34. The van der Waals surface area contributed by atoms with Crippen LogP contribution < -0.4 is 5.73 Å². The fourth-order valence-corrected chi connectivity index (χ4v) is 4.92. The van der Waals surface area contributed by atoms with Crippen LogP contribution in [0.1, 0.15) is 42.7 Å². The first-order valence-corrected chi connectivity index (χ1v) is 10.6. The van der Waals surface area contributed by atoms with Gasteiger partial charge in [-0.05, 0) is 35.1 Å². The summed E-state index contributed by atoms with van der Waals surface area (Å²) in [6.07, 6.45) is 0.327. The number of esters is 1. The maximum atomic E-state index is 12.7. The van der Waals surface area contributed by atoms with Gasteiger partial charge in [0.25, 0.3) is 0 Å². The molecule has 31 heavy (non-hydrogen) atoms. The molecule has 1 saturated heterocycles. The molecule has 2 fully saturated rings. The molecule has 5 rings (SSSR count). The minimum Gasteiger partial charge on any atom is -0.480 e. The largest absolute Gasteiger partial charge is 0.480 e. The maximum Gasteiger partial charge on any atom is 0.337 e. The van der Waals surface area contributed by atoms with Crippen molar-refractivity contribution in [2.24, 2.45) is 5.73 Å². The summed E-state index contributed by atoms with van der Waals surface area (Å²) < 4.78 is 17.4. The number of carbonyl (C=O) groups excluding carboxylic acids is 1. The molecule has 0 bridgehead atoms. The highest BCUT2D eigenvalue weighted by atomic mass is 16.8. The zero-order valence-corrected chi connectivity index (χ0v) is 17.1. The lowest BCUT2D eigenvalue weighted by molar-refractivity contribution is -0.203. The molecule has 1 unspecified atom stereocenters. The van der Waals surface area contributed by atoms with E-state index in [-0.39, 0.29) is 32.0 Å². The van der Waals surface area contributed by atoms with E-state index in [2.05, 4.69) is 24.3 Å². The van der Waals surface area contributed by atoms with E-state index >= 15 is 0 Å². The van der Waals surface area contributed by atoms with Gasteiger partial charge in [-0.25, -0.2) is 4.79 Å². The molecule has 0 radical (unpaired) electrons. The van der Waals surface area contributed by atoms with Crippen molar-refractivity contribution in [1.82, 2.24) is 0 Å². The van der Waals surface area contributed by atoms with E-state index in [1.54, 1.807) is 0 Å². The summed E-state index contributed by atoms with van der Waals surface area (Å²) in [5.74, 6) is -2.44. The molecule has 0 amide bonds. The van der Waals surface area contributed by atoms with Gasteiger partial charge in [0.2, 0.25) is 0 Å². The van der Waals surface area contributed by atoms with Gasteiger partial charge in [-0.1, -0.05) is 48.5 Å². The molecule has 0 aromatic heterocycles. The number of rotatable bonds is 4.